The van der Waals surface area contributed by atoms with E-state index < -0.39 is 6.23 Å². The van der Waals surface area contributed by atoms with E-state index >= 15 is 0 Å². The zero-order chi connectivity index (χ0) is 5.70. The Morgan fingerprint density at radius 2 is 2.57 bits per heavy atom. The third kappa shape index (κ3) is 5.19. The minimum absolute atomic E-state index is 0.670. The highest BCUT2D eigenvalue weighted by Gasteiger charge is 1.79. The average molecular weight is 97.1 g/mol. The Morgan fingerprint density at radius 3 is 2.71 bits per heavy atom. The molecular formula is C5H7NO. The van der Waals surface area contributed by atoms with Crippen LogP contribution in [0.4, 0.5) is 0 Å². The van der Waals surface area contributed by atoms with Crippen LogP contribution in [0.25, 0.3) is 0 Å². The predicted octanol–water partition coefficient (Wildman–Crippen LogP) is 0.0287. The van der Waals surface area contributed by atoms with Gasteiger partial charge >= 0.3 is 0 Å². The van der Waals surface area contributed by atoms with Crippen LogP contribution in [0.3, 0.4) is 0 Å². The van der Waals surface area contributed by atoms with Crippen molar-refractivity contribution in [3.8, 4) is 12.3 Å². The molecule has 0 aliphatic carbocycles. The molecule has 0 rings (SSSR count). The fourth-order valence-electron chi connectivity index (χ4n) is 0.151. The van der Waals surface area contributed by atoms with Crippen LogP contribution >= 0.6 is 0 Å². The second-order valence-corrected chi connectivity index (χ2v) is 1.08. The van der Waals surface area contributed by atoms with Crippen molar-refractivity contribution in [3.05, 3.63) is 0 Å². The summed E-state index contributed by atoms with van der Waals surface area (Å²) in [4.78, 5) is 3.44. The molecule has 0 saturated heterocycles. The van der Waals surface area contributed by atoms with Crippen molar-refractivity contribution < 1.29 is 5.11 Å². The highest BCUT2D eigenvalue weighted by atomic mass is 16.3. The molecule has 0 amide bonds. The molecule has 0 aliphatic heterocycles. The van der Waals surface area contributed by atoms with E-state index in [0.717, 1.165) is 0 Å². The Hall–Kier alpha value is -0.810. The third-order valence-corrected chi connectivity index (χ3v) is 0.365. The Bertz CT molecular complexity index is 99.1. The monoisotopic (exact) mass is 97.1 g/mol. The van der Waals surface area contributed by atoms with Crippen LogP contribution in [-0.4, -0.2) is 17.5 Å². The number of rotatable bonds is 1. The zero-order valence-corrected chi connectivity index (χ0v) is 4.13. The van der Waals surface area contributed by atoms with Gasteiger partial charge in [0.2, 0.25) is 0 Å². The van der Waals surface area contributed by atoms with Crippen LogP contribution in [0, 0.1) is 12.3 Å². The van der Waals surface area contributed by atoms with Crippen molar-refractivity contribution in [1.29, 1.82) is 0 Å². The molecule has 0 aromatic rings. The number of aliphatic imine (C=N–C) groups is 1. The first-order chi connectivity index (χ1) is 3.27. The van der Waals surface area contributed by atoms with Crippen LogP contribution in [0.5, 0.6) is 0 Å². The molecule has 0 bridgehead atoms. The minimum Gasteiger partial charge on any atom is -0.372 e. The highest BCUT2D eigenvalue weighted by Crippen LogP contribution is 1.75. The van der Waals surface area contributed by atoms with Crippen LogP contribution in [-0.2, 0) is 0 Å². The summed E-state index contributed by atoms with van der Waals surface area (Å²) in [6, 6.07) is 0. The number of terminal acetylenes is 1. The van der Waals surface area contributed by atoms with Gasteiger partial charge in [-0.2, -0.15) is 0 Å². The summed E-state index contributed by atoms with van der Waals surface area (Å²) >= 11 is 0. The second kappa shape index (κ2) is 3.38. The van der Waals surface area contributed by atoms with Gasteiger partial charge < -0.3 is 5.11 Å². The van der Waals surface area contributed by atoms with Crippen molar-refractivity contribution >= 4 is 6.21 Å². The summed E-state index contributed by atoms with van der Waals surface area (Å²) in [5.74, 6) is 2.15. The number of nitrogens with zero attached hydrogens (tertiary/aromatic N) is 1. The third-order valence-electron chi connectivity index (χ3n) is 0.365. The smallest absolute Gasteiger partial charge is 0.143 e. The number of aliphatic hydroxyl groups is 1. The second-order valence-electron chi connectivity index (χ2n) is 1.08. The minimum atomic E-state index is -0.670. The molecule has 1 unspecified atom stereocenters. The average Bonchev–Trinajstić information content (AvgIpc) is 1.61. The fourth-order valence-corrected chi connectivity index (χ4v) is 0.151. The van der Waals surface area contributed by atoms with Gasteiger partial charge in [-0.05, 0) is 6.92 Å². The maximum Gasteiger partial charge on any atom is 0.143 e. The van der Waals surface area contributed by atoms with E-state index in [1.165, 1.54) is 13.1 Å². The van der Waals surface area contributed by atoms with Crippen LogP contribution < -0.4 is 0 Å². The topological polar surface area (TPSA) is 32.6 Å². The molecule has 38 valence electrons. The molecule has 0 radical (unpaired) electrons. The zero-order valence-electron chi connectivity index (χ0n) is 4.13. The lowest BCUT2D eigenvalue weighted by Crippen LogP contribution is -1.92. The van der Waals surface area contributed by atoms with Crippen molar-refractivity contribution in [1.82, 2.24) is 0 Å². The Kier molecular flexibility index (Phi) is 2.99. The summed E-state index contributed by atoms with van der Waals surface area (Å²) in [7, 11) is 0. The van der Waals surface area contributed by atoms with E-state index in [-0.39, 0.29) is 0 Å². The number of hydrogen-bond donors (Lipinski definition) is 1. The van der Waals surface area contributed by atoms with Crippen molar-refractivity contribution in [2.75, 3.05) is 0 Å². The Morgan fingerprint density at radius 1 is 2.00 bits per heavy atom. The maximum absolute atomic E-state index is 8.39. The Balaban J connectivity index is 3.31. The van der Waals surface area contributed by atoms with Gasteiger partial charge in [0.1, 0.15) is 6.23 Å². The summed E-state index contributed by atoms with van der Waals surface area (Å²) in [6.45, 7) is 1.54. The van der Waals surface area contributed by atoms with Crippen LogP contribution in [0.15, 0.2) is 4.99 Å². The molecule has 7 heavy (non-hydrogen) atoms. The standard InChI is InChI=1S/C5H7NO/c1-3-4-6-5(2)7/h1,4-5,7H,2H3. The van der Waals surface area contributed by atoms with Crippen molar-refractivity contribution in [3.63, 3.8) is 0 Å². The van der Waals surface area contributed by atoms with Gasteiger partial charge in [0, 0.05) is 0 Å². The van der Waals surface area contributed by atoms with E-state index in [4.69, 9.17) is 11.5 Å². The summed E-state index contributed by atoms with van der Waals surface area (Å²) < 4.78 is 0. The SMILES string of the molecule is C#CC=NC(C)O. The molecule has 0 spiro atoms. The number of hydrogen-bond acceptors (Lipinski definition) is 2. The highest BCUT2D eigenvalue weighted by molar-refractivity contribution is 5.77. The van der Waals surface area contributed by atoms with Crippen LogP contribution in [0.1, 0.15) is 6.92 Å². The maximum atomic E-state index is 8.39. The van der Waals surface area contributed by atoms with Crippen LogP contribution in [0.2, 0.25) is 0 Å². The van der Waals surface area contributed by atoms with E-state index in [9.17, 15) is 0 Å². The number of aliphatic hydroxyl groups excluding tert-OH is 1. The van der Waals surface area contributed by atoms with Crippen molar-refractivity contribution in [2.45, 2.75) is 13.2 Å². The molecule has 0 heterocycles. The predicted molar refractivity (Wildman–Crippen MR) is 29.0 cm³/mol. The Labute approximate surface area is 42.9 Å². The van der Waals surface area contributed by atoms with Gasteiger partial charge in [-0.15, -0.1) is 6.42 Å². The molecular weight excluding hydrogens is 90.1 g/mol. The quantitative estimate of drug-likeness (QED) is 0.363. The summed E-state index contributed by atoms with van der Waals surface area (Å²) in [6.07, 6.45) is 5.32. The van der Waals surface area contributed by atoms with Gasteiger partial charge in [0.15, 0.2) is 0 Å². The van der Waals surface area contributed by atoms with Gasteiger partial charge in [0.25, 0.3) is 0 Å². The normalized spacial score (nSPS) is 13.9. The van der Waals surface area contributed by atoms with Gasteiger partial charge in [-0.25, -0.2) is 0 Å². The molecule has 0 saturated carbocycles. The van der Waals surface area contributed by atoms with Crippen molar-refractivity contribution in [2.24, 2.45) is 4.99 Å². The first-order valence-electron chi connectivity index (χ1n) is 1.93. The first kappa shape index (κ1) is 6.19. The molecule has 0 aromatic carbocycles. The fraction of sp³-hybridized carbons (Fsp3) is 0.400. The molecule has 1 atom stereocenters. The van der Waals surface area contributed by atoms with E-state index in [1.807, 2.05) is 0 Å². The van der Waals surface area contributed by atoms with Gasteiger partial charge in [0.05, 0.1) is 6.21 Å². The summed E-state index contributed by atoms with van der Waals surface area (Å²) in [5.41, 5.74) is 0. The lowest BCUT2D eigenvalue weighted by atomic mass is 10.7. The van der Waals surface area contributed by atoms with E-state index in [2.05, 4.69) is 10.9 Å². The molecule has 0 aromatic heterocycles. The summed E-state index contributed by atoms with van der Waals surface area (Å²) in [5, 5.41) is 8.39. The lowest BCUT2D eigenvalue weighted by Gasteiger charge is -1.87. The molecule has 1 N–H and O–H groups in total. The molecule has 2 nitrogen and oxygen atoms in total. The van der Waals surface area contributed by atoms with E-state index in [1.54, 1.807) is 0 Å². The lowest BCUT2D eigenvalue weighted by molar-refractivity contribution is 0.206. The van der Waals surface area contributed by atoms with Gasteiger partial charge in [-0.3, -0.25) is 4.99 Å². The molecule has 2 heteroatoms. The molecule has 0 aliphatic rings. The van der Waals surface area contributed by atoms with Gasteiger partial charge in [-0.1, -0.05) is 5.92 Å². The molecule has 0 fully saturated rings. The first-order valence-corrected chi connectivity index (χ1v) is 1.93. The van der Waals surface area contributed by atoms with E-state index in [0.29, 0.717) is 0 Å². The largest absolute Gasteiger partial charge is 0.372 e.